The second-order valence-corrected chi connectivity index (χ2v) is 4.92. The van der Waals surface area contributed by atoms with Gasteiger partial charge in [-0.1, -0.05) is 18.2 Å². The van der Waals surface area contributed by atoms with E-state index >= 15 is 0 Å². The van der Waals surface area contributed by atoms with Gasteiger partial charge < -0.3 is 4.90 Å². The van der Waals surface area contributed by atoms with Crippen LogP contribution in [-0.2, 0) is 12.6 Å². The lowest BCUT2D eigenvalue weighted by Crippen LogP contribution is -2.16. The zero-order valence-electron chi connectivity index (χ0n) is 11.0. The number of para-hydroxylation sites is 1. The van der Waals surface area contributed by atoms with Crippen LogP contribution in [0.1, 0.15) is 21.5 Å². The second kappa shape index (κ2) is 4.91. The zero-order valence-corrected chi connectivity index (χ0v) is 11.0. The van der Waals surface area contributed by atoms with Crippen molar-refractivity contribution in [3.05, 3.63) is 59.2 Å². The molecule has 0 spiro atoms. The molecular formula is C16H12F3NO. The fourth-order valence-electron chi connectivity index (χ4n) is 2.67. The monoisotopic (exact) mass is 291 g/mol. The van der Waals surface area contributed by atoms with E-state index in [1.807, 2.05) is 29.2 Å². The van der Waals surface area contributed by atoms with Crippen LogP contribution in [0, 0.1) is 0 Å². The third-order valence-corrected chi connectivity index (χ3v) is 3.67. The number of nitrogens with zero attached hydrogens (tertiary/aromatic N) is 1. The quantitative estimate of drug-likeness (QED) is 0.772. The first-order valence-electron chi connectivity index (χ1n) is 6.52. The topological polar surface area (TPSA) is 20.3 Å². The molecule has 0 aliphatic carbocycles. The van der Waals surface area contributed by atoms with Gasteiger partial charge in [-0.2, -0.15) is 13.2 Å². The number of rotatable bonds is 2. The van der Waals surface area contributed by atoms with E-state index in [1.165, 1.54) is 6.07 Å². The number of anilines is 2. The minimum Gasteiger partial charge on any atom is -0.341 e. The summed E-state index contributed by atoms with van der Waals surface area (Å²) >= 11 is 0. The summed E-state index contributed by atoms with van der Waals surface area (Å²) in [6, 6.07) is 11.5. The van der Waals surface area contributed by atoms with Gasteiger partial charge in [0.1, 0.15) is 0 Å². The third kappa shape index (κ3) is 2.39. The molecule has 21 heavy (non-hydrogen) atoms. The molecule has 1 aliphatic rings. The summed E-state index contributed by atoms with van der Waals surface area (Å²) in [7, 11) is 0. The van der Waals surface area contributed by atoms with Gasteiger partial charge in [0.15, 0.2) is 6.29 Å². The summed E-state index contributed by atoms with van der Waals surface area (Å²) in [5.74, 6) is 0. The fourth-order valence-corrected chi connectivity index (χ4v) is 2.67. The standard InChI is InChI=1S/C16H12F3NO/c17-16(18,19)14-9-13(6-5-12(14)10-21)20-8-7-11-3-1-2-4-15(11)20/h1-6,9-10H,7-8H2. The van der Waals surface area contributed by atoms with Crippen LogP contribution in [0.5, 0.6) is 0 Å². The first kappa shape index (κ1) is 13.7. The molecule has 108 valence electrons. The van der Waals surface area contributed by atoms with Gasteiger partial charge in [0, 0.05) is 23.5 Å². The second-order valence-electron chi connectivity index (χ2n) is 4.92. The Morgan fingerprint density at radius 2 is 1.86 bits per heavy atom. The van der Waals surface area contributed by atoms with Crippen LogP contribution in [0.3, 0.4) is 0 Å². The first-order valence-corrected chi connectivity index (χ1v) is 6.52. The number of aldehydes is 1. The van der Waals surface area contributed by atoms with E-state index in [0.717, 1.165) is 23.7 Å². The Labute approximate surface area is 119 Å². The Kier molecular flexibility index (Phi) is 3.20. The maximum Gasteiger partial charge on any atom is 0.417 e. The van der Waals surface area contributed by atoms with E-state index in [0.29, 0.717) is 12.2 Å². The highest BCUT2D eigenvalue weighted by Crippen LogP contribution is 2.38. The lowest BCUT2D eigenvalue weighted by Gasteiger charge is -2.21. The average molecular weight is 291 g/mol. The van der Waals surface area contributed by atoms with Crippen LogP contribution in [0.25, 0.3) is 0 Å². The fraction of sp³-hybridized carbons (Fsp3) is 0.188. The van der Waals surface area contributed by atoms with Crippen LogP contribution < -0.4 is 4.90 Å². The van der Waals surface area contributed by atoms with Gasteiger partial charge in [0.2, 0.25) is 0 Å². The molecule has 0 N–H and O–H groups in total. The zero-order chi connectivity index (χ0) is 15.0. The number of carbonyl (C=O) groups is 1. The lowest BCUT2D eigenvalue weighted by molar-refractivity contribution is -0.137. The van der Waals surface area contributed by atoms with Crippen LogP contribution in [-0.4, -0.2) is 12.8 Å². The molecule has 0 amide bonds. The number of fused-ring (bicyclic) bond motifs is 1. The van der Waals surface area contributed by atoms with Gasteiger partial charge in [-0.15, -0.1) is 0 Å². The molecule has 0 bridgehead atoms. The van der Waals surface area contributed by atoms with Gasteiger partial charge >= 0.3 is 6.18 Å². The summed E-state index contributed by atoms with van der Waals surface area (Å²) in [4.78, 5) is 12.6. The maximum atomic E-state index is 13.0. The molecule has 3 rings (SSSR count). The highest BCUT2D eigenvalue weighted by atomic mass is 19.4. The highest BCUT2D eigenvalue weighted by molar-refractivity contribution is 5.80. The van der Waals surface area contributed by atoms with Crippen molar-refractivity contribution in [3.63, 3.8) is 0 Å². The molecule has 0 unspecified atom stereocenters. The summed E-state index contributed by atoms with van der Waals surface area (Å²) in [6.07, 6.45) is -3.50. The molecule has 0 atom stereocenters. The largest absolute Gasteiger partial charge is 0.417 e. The predicted octanol–water partition coefficient (Wildman–Crippen LogP) is 4.21. The normalized spacial score (nSPS) is 14.1. The van der Waals surface area contributed by atoms with E-state index in [4.69, 9.17) is 0 Å². The first-order chi connectivity index (χ1) is 10.0. The minimum absolute atomic E-state index is 0.241. The van der Waals surface area contributed by atoms with Crippen molar-refractivity contribution in [2.45, 2.75) is 12.6 Å². The van der Waals surface area contributed by atoms with Crippen molar-refractivity contribution in [2.75, 3.05) is 11.4 Å². The van der Waals surface area contributed by atoms with Crippen molar-refractivity contribution in [1.29, 1.82) is 0 Å². The van der Waals surface area contributed by atoms with Crippen molar-refractivity contribution >= 4 is 17.7 Å². The molecular weight excluding hydrogens is 279 g/mol. The van der Waals surface area contributed by atoms with E-state index in [-0.39, 0.29) is 11.8 Å². The van der Waals surface area contributed by atoms with Gasteiger partial charge in [-0.05, 0) is 36.2 Å². The molecule has 5 heteroatoms. The summed E-state index contributed by atoms with van der Waals surface area (Å²) in [5, 5.41) is 0. The van der Waals surface area contributed by atoms with E-state index in [1.54, 1.807) is 6.07 Å². The summed E-state index contributed by atoms with van der Waals surface area (Å²) < 4.78 is 39.1. The molecule has 0 saturated carbocycles. The Morgan fingerprint density at radius 3 is 2.57 bits per heavy atom. The number of alkyl halides is 3. The average Bonchev–Trinajstić information content (AvgIpc) is 2.89. The number of hydrogen-bond donors (Lipinski definition) is 0. The Bertz CT molecular complexity index is 694. The molecule has 2 aromatic rings. The van der Waals surface area contributed by atoms with Crippen molar-refractivity contribution < 1.29 is 18.0 Å². The number of hydrogen-bond acceptors (Lipinski definition) is 2. The van der Waals surface area contributed by atoms with Crippen LogP contribution in [0.4, 0.5) is 24.5 Å². The van der Waals surface area contributed by atoms with Gasteiger partial charge in [0.05, 0.1) is 5.56 Å². The molecule has 2 nitrogen and oxygen atoms in total. The SMILES string of the molecule is O=Cc1ccc(N2CCc3ccccc32)cc1C(F)(F)F. The van der Waals surface area contributed by atoms with Crippen molar-refractivity contribution in [1.82, 2.24) is 0 Å². The lowest BCUT2D eigenvalue weighted by atomic mass is 10.1. The van der Waals surface area contributed by atoms with Crippen LogP contribution in [0.2, 0.25) is 0 Å². The number of carbonyl (C=O) groups excluding carboxylic acids is 1. The van der Waals surface area contributed by atoms with Gasteiger partial charge in [-0.25, -0.2) is 0 Å². The molecule has 1 aliphatic heterocycles. The maximum absolute atomic E-state index is 13.0. The summed E-state index contributed by atoms with van der Waals surface area (Å²) in [5.41, 5.74) is 1.27. The van der Waals surface area contributed by atoms with Gasteiger partial charge in [0.25, 0.3) is 0 Å². The minimum atomic E-state index is -4.54. The predicted molar refractivity (Wildman–Crippen MR) is 74.0 cm³/mol. The van der Waals surface area contributed by atoms with E-state index < -0.39 is 11.7 Å². The highest BCUT2D eigenvalue weighted by Gasteiger charge is 2.34. The molecule has 1 heterocycles. The van der Waals surface area contributed by atoms with E-state index in [2.05, 4.69) is 0 Å². The molecule has 0 saturated heterocycles. The van der Waals surface area contributed by atoms with Gasteiger partial charge in [-0.3, -0.25) is 4.79 Å². The summed E-state index contributed by atoms with van der Waals surface area (Å²) in [6.45, 7) is 0.636. The molecule has 0 fully saturated rings. The smallest absolute Gasteiger partial charge is 0.341 e. The molecule has 0 aromatic heterocycles. The molecule has 2 aromatic carbocycles. The van der Waals surface area contributed by atoms with E-state index in [9.17, 15) is 18.0 Å². The Balaban J connectivity index is 2.07. The third-order valence-electron chi connectivity index (χ3n) is 3.67. The Morgan fingerprint density at radius 1 is 1.10 bits per heavy atom. The number of benzene rings is 2. The number of halogens is 3. The van der Waals surface area contributed by atoms with Crippen molar-refractivity contribution in [3.8, 4) is 0 Å². The molecule has 0 radical (unpaired) electrons. The Hall–Kier alpha value is -2.30. The van der Waals surface area contributed by atoms with Crippen LogP contribution >= 0.6 is 0 Å². The van der Waals surface area contributed by atoms with Crippen LogP contribution in [0.15, 0.2) is 42.5 Å². The van der Waals surface area contributed by atoms with Crippen molar-refractivity contribution in [2.24, 2.45) is 0 Å².